The van der Waals surface area contributed by atoms with Gasteiger partial charge in [-0.3, -0.25) is 0 Å². The number of methoxy groups -OCH3 is 2. The zero-order valence-electron chi connectivity index (χ0n) is 7.28. The van der Waals surface area contributed by atoms with Gasteiger partial charge in [0.25, 0.3) is 0 Å². The van der Waals surface area contributed by atoms with E-state index in [1.165, 1.54) is 3.87 Å². The van der Waals surface area contributed by atoms with E-state index >= 15 is 0 Å². The third-order valence-corrected chi connectivity index (χ3v) is 3.63. The van der Waals surface area contributed by atoms with E-state index < -0.39 is 0 Å². The normalized spacial score (nSPS) is 10.2. The standard InChI is InChI=1S/C6H5.C3H7O2.Ti/c1-2-4-6-5-3-1;1-4-3-5-2;/h1-5H;3H,1-2H3;. The van der Waals surface area contributed by atoms with Crippen molar-refractivity contribution in [2.75, 3.05) is 14.2 Å². The molecule has 0 bridgehead atoms. The van der Waals surface area contributed by atoms with Gasteiger partial charge in [0.15, 0.2) is 0 Å². The number of hydrogen-bond acceptors (Lipinski definition) is 2. The van der Waals surface area contributed by atoms with Crippen molar-refractivity contribution < 1.29 is 28.6 Å². The molecule has 0 aromatic heterocycles. The first-order valence-corrected chi connectivity index (χ1v) is 5.42. The molecule has 3 heteroatoms. The maximum atomic E-state index is 5.14. The van der Waals surface area contributed by atoms with Crippen LogP contribution in [0.1, 0.15) is 0 Å². The van der Waals surface area contributed by atoms with Crippen LogP contribution in [0.5, 0.6) is 0 Å². The Bertz CT molecular complexity index is 209. The van der Waals surface area contributed by atoms with Crippen molar-refractivity contribution in [1.29, 1.82) is 0 Å². The molecular formula is C9H12O2Ti. The van der Waals surface area contributed by atoms with Gasteiger partial charge in [-0.15, -0.1) is 0 Å². The van der Waals surface area contributed by atoms with Crippen LogP contribution in [0.4, 0.5) is 0 Å². The number of benzene rings is 1. The molecule has 0 N–H and O–H groups in total. The monoisotopic (exact) mass is 200 g/mol. The van der Waals surface area contributed by atoms with Gasteiger partial charge < -0.3 is 0 Å². The van der Waals surface area contributed by atoms with Crippen LogP contribution >= 0.6 is 0 Å². The summed E-state index contributed by atoms with van der Waals surface area (Å²) in [5.41, 5.74) is 0. The molecule has 0 amide bonds. The fraction of sp³-hybridized carbons (Fsp3) is 0.333. The molecule has 0 fully saturated rings. The summed E-state index contributed by atoms with van der Waals surface area (Å²) in [7, 11) is 3.36. The topological polar surface area (TPSA) is 18.5 Å². The molecule has 1 aromatic carbocycles. The summed E-state index contributed by atoms with van der Waals surface area (Å²) in [6.07, 6.45) is 0. The molecule has 0 aliphatic rings. The molecule has 1 rings (SSSR count). The van der Waals surface area contributed by atoms with E-state index in [0.717, 1.165) is 0 Å². The van der Waals surface area contributed by atoms with E-state index in [9.17, 15) is 0 Å². The van der Waals surface area contributed by atoms with Crippen LogP contribution in [0, 0.1) is 0 Å². The Balaban J connectivity index is 2.51. The molecule has 64 valence electrons. The number of hydrogen-bond donors (Lipinski definition) is 0. The number of rotatable bonds is 4. The maximum absolute atomic E-state index is 5.14. The molecule has 0 saturated heterocycles. The molecule has 0 aliphatic carbocycles. The van der Waals surface area contributed by atoms with Crippen molar-refractivity contribution >= 4 is 3.87 Å². The first kappa shape index (κ1) is 9.94. The van der Waals surface area contributed by atoms with E-state index in [1.54, 1.807) is 14.2 Å². The van der Waals surface area contributed by atoms with Gasteiger partial charge in [0.2, 0.25) is 0 Å². The summed E-state index contributed by atoms with van der Waals surface area (Å²) >= 11 is -0.318. The van der Waals surface area contributed by atoms with Crippen LogP contribution in [0.3, 0.4) is 0 Å². The van der Waals surface area contributed by atoms with Crippen LogP contribution in [-0.4, -0.2) is 18.8 Å². The average Bonchev–Trinajstić information content (AvgIpc) is 2.16. The zero-order chi connectivity index (χ0) is 8.81. The average molecular weight is 200 g/mol. The van der Waals surface area contributed by atoms with Crippen molar-refractivity contribution in [3.05, 3.63) is 30.3 Å². The Kier molecular flexibility index (Phi) is 4.55. The Hall–Kier alpha value is -0.146. The summed E-state index contributed by atoms with van der Waals surface area (Å²) in [5, 5.41) is 0. The van der Waals surface area contributed by atoms with Gasteiger partial charge in [0, 0.05) is 0 Å². The SMILES string of the molecule is CO[CH](OC)[Ti][c]1ccccc1. The first-order valence-electron chi connectivity index (χ1n) is 3.74. The molecule has 2 nitrogen and oxygen atoms in total. The van der Waals surface area contributed by atoms with Crippen molar-refractivity contribution in [2.45, 2.75) is 4.59 Å². The van der Waals surface area contributed by atoms with Crippen LogP contribution < -0.4 is 3.87 Å². The van der Waals surface area contributed by atoms with E-state index in [0.29, 0.717) is 0 Å². The summed E-state index contributed by atoms with van der Waals surface area (Å²) in [5.74, 6) is 0. The second-order valence-corrected chi connectivity index (χ2v) is 4.40. The minimum absolute atomic E-state index is 0.00704. The van der Waals surface area contributed by atoms with Gasteiger partial charge >= 0.3 is 81.6 Å². The van der Waals surface area contributed by atoms with Crippen molar-refractivity contribution in [3.8, 4) is 0 Å². The Morgan fingerprint density at radius 1 is 1.08 bits per heavy atom. The Labute approximate surface area is 81.8 Å². The third kappa shape index (κ3) is 3.07. The molecule has 12 heavy (non-hydrogen) atoms. The van der Waals surface area contributed by atoms with Gasteiger partial charge in [-0.1, -0.05) is 0 Å². The van der Waals surface area contributed by atoms with Crippen molar-refractivity contribution in [2.24, 2.45) is 0 Å². The number of ether oxygens (including phenoxy) is 2. The molecule has 1 aromatic rings. The van der Waals surface area contributed by atoms with Crippen molar-refractivity contribution in [1.82, 2.24) is 0 Å². The molecule has 0 aliphatic heterocycles. The van der Waals surface area contributed by atoms with E-state index in [-0.39, 0.29) is 23.7 Å². The quantitative estimate of drug-likeness (QED) is 0.532. The van der Waals surface area contributed by atoms with Gasteiger partial charge in [0.05, 0.1) is 0 Å². The predicted octanol–water partition coefficient (Wildman–Crippen LogP) is 0.971. The molecule has 0 atom stereocenters. The third-order valence-electron chi connectivity index (χ3n) is 1.49. The second kappa shape index (κ2) is 5.49. The van der Waals surface area contributed by atoms with Gasteiger partial charge in [-0.05, 0) is 0 Å². The fourth-order valence-electron chi connectivity index (χ4n) is 0.885. The van der Waals surface area contributed by atoms with E-state index in [1.807, 2.05) is 18.2 Å². The molecule has 0 unspecified atom stereocenters. The minimum atomic E-state index is -0.318. The van der Waals surface area contributed by atoms with Gasteiger partial charge in [-0.25, -0.2) is 0 Å². The summed E-state index contributed by atoms with van der Waals surface area (Å²) in [4.78, 5) is 0. The van der Waals surface area contributed by atoms with Gasteiger partial charge in [0.1, 0.15) is 0 Å². The van der Waals surface area contributed by atoms with Crippen LogP contribution in [0.25, 0.3) is 0 Å². The van der Waals surface area contributed by atoms with Crippen LogP contribution in [0.2, 0.25) is 0 Å². The molecular weight excluding hydrogens is 188 g/mol. The fourth-order valence-corrected chi connectivity index (χ4v) is 2.28. The summed E-state index contributed by atoms with van der Waals surface area (Å²) in [6, 6.07) is 10.3. The van der Waals surface area contributed by atoms with E-state index in [4.69, 9.17) is 9.47 Å². The Morgan fingerprint density at radius 3 is 2.17 bits per heavy atom. The van der Waals surface area contributed by atoms with E-state index in [2.05, 4.69) is 12.1 Å². The predicted molar refractivity (Wildman–Crippen MR) is 43.9 cm³/mol. The van der Waals surface area contributed by atoms with Gasteiger partial charge in [-0.2, -0.15) is 0 Å². The molecule has 0 radical (unpaired) electrons. The zero-order valence-corrected chi connectivity index (χ0v) is 8.84. The van der Waals surface area contributed by atoms with Crippen LogP contribution in [-0.2, 0) is 28.6 Å². The first-order chi connectivity index (χ1) is 5.86. The van der Waals surface area contributed by atoms with Crippen LogP contribution in [0.15, 0.2) is 30.3 Å². The molecule has 0 heterocycles. The second-order valence-electron chi connectivity index (χ2n) is 2.31. The Morgan fingerprint density at radius 2 is 1.67 bits per heavy atom. The van der Waals surface area contributed by atoms with Crippen molar-refractivity contribution in [3.63, 3.8) is 0 Å². The molecule has 0 spiro atoms. The molecule has 0 saturated carbocycles. The summed E-state index contributed by atoms with van der Waals surface area (Å²) < 4.78 is 11.6. The summed E-state index contributed by atoms with van der Waals surface area (Å²) in [6.45, 7) is 0.